The molecule has 1 aliphatic heterocycles. The van der Waals surface area contributed by atoms with Gasteiger partial charge in [0.1, 0.15) is 5.75 Å². The highest BCUT2D eigenvalue weighted by molar-refractivity contribution is 5.93. The van der Waals surface area contributed by atoms with Gasteiger partial charge in [-0.1, -0.05) is 6.07 Å². The van der Waals surface area contributed by atoms with Crippen molar-refractivity contribution in [2.45, 2.75) is 0 Å². The minimum absolute atomic E-state index is 0.0707. The van der Waals surface area contributed by atoms with Crippen LogP contribution in [0.2, 0.25) is 0 Å². The van der Waals surface area contributed by atoms with E-state index in [4.69, 9.17) is 14.2 Å². The van der Waals surface area contributed by atoms with Crippen LogP contribution in [0.15, 0.2) is 48.7 Å². The topological polar surface area (TPSA) is 72.6 Å². The first-order valence-electron chi connectivity index (χ1n) is 7.18. The predicted molar refractivity (Wildman–Crippen MR) is 85.0 cm³/mol. The fourth-order valence-electron chi connectivity index (χ4n) is 2.50. The average molecular weight is 310 g/mol. The van der Waals surface area contributed by atoms with E-state index in [1.165, 1.54) is 0 Å². The largest absolute Gasteiger partial charge is 0.483 e. The molecule has 0 saturated carbocycles. The third-order valence-corrected chi connectivity index (χ3v) is 3.57. The van der Waals surface area contributed by atoms with Gasteiger partial charge in [0.05, 0.1) is 0 Å². The Balaban J connectivity index is 1.41. The van der Waals surface area contributed by atoms with Gasteiger partial charge in [-0.25, -0.2) is 0 Å². The van der Waals surface area contributed by atoms with E-state index < -0.39 is 0 Å². The summed E-state index contributed by atoms with van der Waals surface area (Å²) >= 11 is 0. The quantitative estimate of drug-likeness (QED) is 0.777. The van der Waals surface area contributed by atoms with Crippen LogP contribution in [0.3, 0.4) is 0 Å². The molecule has 4 rings (SSSR count). The highest BCUT2D eigenvalue weighted by atomic mass is 16.7. The Hall–Kier alpha value is -3.15. The van der Waals surface area contributed by atoms with Crippen LogP contribution >= 0.6 is 0 Å². The molecule has 2 aromatic carbocycles. The number of hydrogen-bond donors (Lipinski definition) is 2. The summed E-state index contributed by atoms with van der Waals surface area (Å²) in [5.41, 5.74) is 1.61. The molecule has 3 aromatic rings. The summed E-state index contributed by atoms with van der Waals surface area (Å²) in [5, 5.41) is 3.72. The number of nitrogens with one attached hydrogen (secondary N) is 2. The highest BCUT2D eigenvalue weighted by Gasteiger charge is 2.14. The number of ether oxygens (including phenoxy) is 3. The van der Waals surface area contributed by atoms with Gasteiger partial charge in [-0.05, 0) is 30.3 Å². The van der Waals surface area contributed by atoms with E-state index in [0.29, 0.717) is 22.9 Å². The molecule has 0 bridgehead atoms. The van der Waals surface area contributed by atoms with Crippen molar-refractivity contribution in [1.29, 1.82) is 0 Å². The van der Waals surface area contributed by atoms with Crippen LogP contribution < -0.4 is 19.5 Å². The van der Waals surface area contributed by atoms with Gasteiger partial charge < -0.3 is 24.5 Å². The molecule has 0 radical (unpaired) electrons. The fraction of sp³-hybridized carbons (Fsp3) is 0.118. The maximum atomic E-state index is 12.0. The summed E-state index contributed by atoms with van der Waals surface area (Å²) in [7, 11) is 0. The number of aromatic nitrogens is 1. The maximum absolute atomic E-state index is 12.0. The van der Waals surface area contributed by atoms with Crippen LogP contribution in [0.4, 0.5) is 5.69 Å². The van der Waals surface area contributed by atoms with Crippen LogP contribution in [0.1, 0.15) is 0 Å². The van der Waals surface area contributed by atoms with Crippen molar-refractivity contribution >= 4 is 22.5 Å². The molecule has 116 valence electrons. The summed E-state index contributed by atoms with van der Waals surface area (Å²) in [6.07, 6.45) is 1.84. The molecule has 0 atom stereocenters. The Labute approximate surface area is 132 Å². The van der Waals surface area contributed by atoms with Crippen molar-refractivity contribution in [2.75, 3.05) is 18.7 Å². The molecule has 0 unspecified atom stereocenters. The number of amides is 1. The zero-order valence-electron chi connectivity index (χ0n) is 12.2. The van der Waals surface area contributed by atoms with Crippen LogP contribution in [-0.4, -0.2) is 24.3 Å². The van der Waals surface area contributed by atoms with E-state index >= 15 is 0 Å². The Morgan fingerprint density at radius 1 is 1.17 bits per heavy atom. The molecule has 1 amide bonds. The minimum atomic E-state index is -0.239. The van der Waals surface area contributed by atoms with Gasteiger partial charge in [0.15, 0.2) is 18.1 Å². The Bertz CT molecular complexity index is 872. The number of fused-ring (bicyclic) bond motifs is 2. The molecule has 6 heteroatoms. The Morgan fingerprint density at radius 2 is 2.09 bits per heavy atom. The van der Waals surface area contributed by atoms with Gasteiger partial charge in [-0.3, -0.25) is 4.79 Å². The zero-order chi connectivity index (χ0) is 15.6. The number of benzene rings is 2. The number of hydrogen-bond acceptors (Lipinski definition) is 4. The van der Waals surface area contributed by atoms with E-state index in [1.807, 2.05) is 30.5 Å². The van der Waals surface area contributed by atoms with Gasteiger partial charge in [0.2, 0.25) is 6.79 Å². The number of carbonyl (C=O) groups is 1. The predicted octanol–water partition coefficient (Wildman–Crippen LogP) is 2.91. The fourth-order valence-corrected chi connectivity index (χ4v) is 2.50. The summed E-state index contributed by atoms with van der Waals surface area (Å²) in [4.78, 5) is 15.1. The van der Waals surface area contributed by atoms with Crippen molar-refractivity contribution in [3.8, 4) is 17.2 Å². The van der Waals surface area contributed by atoms with Crippen molar-refractivity contribution in [1.82, 2.24) is 4.98 Å². The van der Waals surface area contributed by atoms with Crippen LogP contribution in [0.25, 0.3) is 10.9 Å². The molecule has 1 aromatic heterocycles. The van der Waals surface area contributed by atoms with Crippen molar-refractivity contribution in [2.24, 2.45) is 0 Å². The lowest BCUT2D eigenvalue weighted by Gasteiger charge is -2.09. The van der Waals surface area contributed by atoms with E-state index in [2.05, 4.69) is 10.3 Å². The Morgan fingerprint density at radius 3 is 3.04 bits per heavy atom. The summed E-state index contributed by atoms with van der Waals surface area (Å²) < 4.78 is 16.1. The molecule has 1 aliphatic rings. The summed E-state index contributed by atoms with van der Waals surface area (Å²) in [6, 6.07) is 12.8. The Kier molecular flexibility index (Phi) is 3.27. The summed E-state index contributed by atoms with van der Waals surface area (Å²) in [5.74, 6) is 1.74. The molecule has 2 heterocycles. The lowest BCUT2D eigenvalue weighted by Crippen LogP contribution is -2.20. The molecule has 2 N–H and O–H groups in total. The monoisotopic (exact) mass is 310 g/mol. The van der Waals surface area contributed by atoms with Gasteiger partial charge in [-0.15, -0.1) is 0 Å². The lowest BCUT2D eigenvalue weighted by molar-refractivity contribution is -0.118. The number of carbonyl (C=O) groups excluding carboxylic acids is 1. The second kappa shape index (κ2) is 5.57. The van der Waals surface area contributed by atoms with Crippen LogP contribution in [0.5, 0.6) is 17.2 Å². The zero-order valence-corrected chi connectivity index (χ0v) is 12.2. The first-order valence-corrected chi connectivity index (χ1v) is 7.18. The first-order chi connectivity index (χ1) is 11.3. The number of rotatable bonds is 4. The molecule has 0 saturated heterocycles. The molecular weight excluding hydrogens is 296 g/mol. The smallest absolute Gasteiger partial charge is 0.262 e. The minimum Gasteiger partial charge on any atom is -0.483 e. The van der Waals surface area contributed by atoms with Crippen LogP contribution in [-0.2, 0) is 4.79 Å². The highest BCUT2D eigenvalue weighted by Crippen LogP contribution is 2.34. The number of H-pyrrole nitrogens is 1. The summed E-state index contributed by atoms with van der Waals surface area (Å²) in [6.45, 7) is 0.134. The average Bonchev–Trinajstić information content (AvgIpc) is 3.21. The van der Waals surface area contributed by atoms with Crippen molar-refractivity contribution in [3.05, 3.63) is 48.7 Å². The normalized spacial score (nSPS) is 12.3. The first kappa shape index (κ1) is 13.5. The van der Waals surface area contributed by atoms with Gasteiger partial charge in [-0.2, -0.15) is 0 Å². The lowest BCUT2D eigenvalue weighted by atomic mass is 10.2. The second-order valence-corrected chi connectivity index (χ2v) is 5.10. The molecular formula is C17H14N2O4. The van der Waals surface area contributed by atoms with Crippen molar-refractivity contribution in [3.63, 3.8) is 0 Å². The SMILES string of the molecule is O=C(COc1cccc2[nH]ccc12)Nc1ccc2c(c1)OCO2. The third-order valence-electron chi connectivity index (χ3n) is 3.57. The van der Waals surface area contributed by atoms with Gasteiger partial charge in [0.25, 0.3) is 5.91 Å². The van der Waals surface area contributed by atoms with E-state index in [-0.39, 0.29) is 19.3 Å². The second-order valence-electron chi connectivity index (χ2n) is 5.10. The molecule has 23 heavy (non-hydrogen) atoms. The van der Waals surface area contributed by atoms with E-state index in [9.17, 15) is 4.79 Å². The molecule has 0 aliphatic carbocycles. The van der Waals surface area contributed by atoms with E-state index in [1.54, 1.807) is 18.2 Å². The maximum Gasteiger partial charge on any atom is 0.262 e. The molecule has 6 nitrogen and oxygen atoms in total. The molecule has 0 spiro atoms. The van der Waals surface area contributed by atoms with Gasteiger partial charge >= 0.3 is 0 Å². The van der Waals surface area contributed by atoms with E-state index in [0.717, 1.165) is 10.9 Å². The van der Waals surface area contributed by atoms with Crippen molar-refractivity contribution < 1.29 is 19.0 Å². The molecule has 0 fully saturated rings. The standard InChI is InChI=1S/C17H14N2O4/c20-17(19-11-4-5-15-16(8-11)23-10-22-15)9-21-14-3-1-2-13-12(14)6-7-18-13/h1-8,18H,9-10H2,(H,19,20). The number of anilines is 1. The van der Waals surface area contributed by atoms with Crippen LogP contribution in [0, 0.1) is 0 Å². The number of aromatic amines is 1. The van der Waals surface area contributed by atoms with Gasteiger partial charge in [0, 0.05) is 28.9 Å². The third kappa shape index (κ3) is 2.66.